The number of hydrogen-bond donors (Lipinski definition) is 1. The number of nitrogens with zero attached hydrogens (tertiary/aromatic N) is 1. The highest BCUT2D eigenvalue weighted by Crippen LogP contribution is 2.33. The Morgan fingerprint density at radius 3 is 2.79 bits per heavy atom. The molecule has 2 heteroatoms. The van der Waals surface area contributed by atoms with Crippen molar-refractivity contribution in [3.05, 3.63) is 0 Å². The topological polar surface area (TPSA) is 15.3 Å². The summed E-state index contributed by atoms with van der Waals surface area (Å²) in [4.78, 5) is 2.76. The lowest BCUT2D eigenvalue weighted by Gasteiger charge is -2.28. The van der Waals surface area contributed by atoms with Gasteiger partial charge in [-0.1, -0.05) is 0 Å². The van der Waals surface area contributed by atoms with E-state index in [-0.39, 0.29) is 0 Å². The minimum Gasteiger partial charge on any atom is -0.319 e. The van der Waals surface area contributed by atoms with Gasteiger partial charge in [-0.3, -0.25) is 4.90 Å². The molecule has 0 amide bonds. The zero-order chi connectivity index (χ0) is 9.97. The third-order valence-corrected chi connectivity index (χ3v) is 4.08. The Morgan fingerprint density at radius 2 is 2.14 bits per heavy atom. The van der Waals surface area contributed by atoms with Crippen LogP contribution >= 0.6 is 0 Å². The lowest BCUT2D eigenvalue weighted by Crippen LogP contribution is -2.36. The summed E-state index contributed by atoms with van der Waals surface area (Å²) in [5.74, 6) is 0.942. The van der Waals surface area contributed by atoms with Crippen molar-refractivity contribution in [1.29, 1.82) is 0 Å². The molecule has 82 valence electrons. The van der Waals surface area contributed by atoms with E-state index >= 15 is 0 Å². The molecule has 3 unspecified atom stereocenters. The molecule has 1 heterocycles. The van der Waals surface area contributed by atoms with Crippen molar-refractivity contribution in [2.75, 3.05) is 20.1 Å². The van der Waals surface area contributed by atoms with Crippen LogP contribution < -0.4 is 5.32 Å². The first-order valence-corrected chi connectivity index (χ1v) is 6.21. The van der Waals surface area contributed by atoms with E-state index in [0.717, 1.165) is 18.0 Å². The lowest BCUT2D eigenvalue weighted by atomic mass is 10.1. The Morgan fingerprint density at radius 1 is 1.29 bits per heavy atom. The first-order valence-electron chi connectivity index (χ1n) is 6.21. The highest BCUT2D eigenvalue weighted by Gasteiger charge is 2.33. The maximum atomic E-state index is 3.31. The Hall–Kier alpha value is -0.0800. The molecule has 0 radical (unpaired) electrons. The predicted molar refractivity (Wildman–Crippen MR) is 60.5 cm³/mol. The van der Waals surface area contributed by atoms with Crippen LogP contribution in [0.25, 0.3) is 0 Å². The van der Waals surface area contributed by atoms with E-state index in [1.165, 1.54) is 45.2 Å². The lowest BCUT2D eigenvalue weighted by molar-refractivity contribution is 0.188. The van der Waals surface area contributed by atoms with Gasteiger partial charge in [-0.05, 0) is 65.1 Å². The van der Waals surface area contributed by atoms with Crippen molar-refractivity contribution in [2.45, 2.75) is 51.1 Å². The number of likely N-dealkylation sites (tertiary alicyclic amines) is 1. The zero-order valence-electron chi connectivity index (χ0n) is 9.63. The maximum Gasteiger partial charge on any atom is 0.0101 e. The fourth-order valence-electron chi connectivity index (χ4n) is 3.32. The van der Waals surface area contributed by atoms with Gasteiger partial charge in [0.15, 0.2) is 0 Å². The molecule has 0 aromatic rings. The summed E-state index contributed by atoms with van der Waals surface area (Å²) in [6.45, 7) is 4.98. The third-order valence-electron chi connectivity index (χ3n) is 4.08. The van der Waals surface area contributed by atoms with Crippen molar-refractivity contribution in [1.82, 2.24) is 10.2 Å². The van der Waals surface area contributed by atoms with E-state index in [1.807, 2.05) is 0 Å². The van der Waals surface area contributed by atoms with E-state index in [9.17, 15) is 0 Å². The number of nitrogens with one attached hydrogen (secondary N) is 1. The van der Waals surface area contributed by atoms with Crippen LogP contribution in [0.2, 0.25) is 0 Å². The zero-order valence-corrected chi connectivity index (χ0v) is 9.63. The standard InChI is InChI=1S/C12H24N2/c1-10-4-3-7-14(10)12-6-5-11(8-12)9-13-2/h10-13H,3-9H2,1-2H3. The molecule has 2 aliphatic rings. The summed E-state index contributed by atoms with van der Waals surface area (Å²) in [6, 6.07) is 1.76. The maximum absolute atomic E-state index is 3.31. The fourth-order valence-corrected chi connectivity index (χ4v) is 3.32. The second-order valence-electron chi connectivity index (χ2n) is 5.12. The average Bonchev–Trinajstić information content (AvgIpc) is 2.74. The Labute approximate surface area is 88.1 Å². The summed E-state index contributed by atoms with van der Waals surface area (Å²) >= 11 is 0. The molecule has 1 aliphatic heterocycles. The first kappa shape index (κ1) is 10.4. The van der Waals surface area contributed by atoms with Gasteiger partial charge in [0.05, 0.1) is 0 Å². The summed E-state index contributed by atoms with van der Waals surface area (Å²) in [5.41, 5.74) is 0. The molecular formula is C12H24N2. The van der Waals surface area contributed by atoms with E-state index in [2.05, 4.69) is 24.2 Å². The smallest absolute Gasteiger partial charge is 0.0101 e. The van der Waals surface area contributed by atoms with E-state index in [1.54, 1.807) is 0 Å². The molecule has 3 atom stereocenters. The average molecular weight is 196 g/mol. The molecule has 1 aliphatic carbocycles. The predicted octanol–water partition coefficient (Wildman–Crippen LogP) is 1.86. The molecule has 0 spiro atoms. The molecule has 2 nitrogen and oxygen atoms in total. The molecule has 2 fully saturated rings. The summed E-state index contributed by atoms with van der Waals surface area (Å²) in [6.07, 6.45) is 7.16. The Kier molecular flexibility index (Phi) is 3.45. The largest absolute Gasteiger partial charge is 0.319 e. The summed E-state index contributed by atoms with van der Waals surface area (Å²) in [7, 11) is 2.08. The van der Waals surface area contributed by atoms with Crippen molar-refractivity contribution >= 4 is 0 Å². The van der Waals surface area contributed by atoms with E-state index < -0.39 is 0 Å². The highest BCUT2D eigenvalue weighted by atomic mass is 15.2. The highest BCUT2D eigenvalue weighted by molar-refractivity contribution is 4.88. The van der Waals surface area contributed by atoms with Gasteiger partial charge < -0.3 is 5.32 Å². The minimum atomic E-state index is 0.855. The van der Waals surface area contributed by atoms with Crippen LogP contribution in [0.3, 0.4) is 0 Å². The molecular weight excluding hydrogens is 172 g/mol. The normalized spacial score (nSPS) is 39.4. The molecule has 14 heavy (non-hydrogen) atoms. The van der Waals surface area contributed by atoms with Gasteiger partial charge in [0.1, 0.15) is 0 Å². The van der Waals surface area contributed by atoms with Crippen molar-refractivity contribution < 1.29 is 0 Å². The molecule has 0 aromatic heterocycles. The second-order valence-corrected chi connectivity index (χ2v) is 5.12. The van der Waals surface area contributed by atoms with Crippen LogP contribution in [0.15, 0.2) is 0 Å². The second kappa shape index (κ2) is 4.63. The van der Waals surface area contributed by atoms with Gasteiger partial charge in [-0.15, -0.1) is 0 Å². The van der Waals surface area contributed by atoms with Crippen LogP contribution in [0.5, 0.6) is 0 Å². The van der Waals surface area contributed by atoms with Crippen molar-refractivity contribution in [3.8, 4) is 0 Å². The minimum absolute atomic E-state index is 0.855. The van der Waals surface area contributed by atoms with Crippen LogP contribution in [-0.2, 0) is 0 Å². The molecule has 0 aromatic carbocycles. The molecule has 2 rings (SSSR count). The van der Waals surface area contributed by atoms with Gasteiger partial charge in [0, 0.05) is 12.1 Å². The Balaban J connectivity index is 1.82. The van der Waals surface area contributed by atoms with Gasteiger partial charge in [-0.2, -0.15) is 0 Å². The Bertz CT molecular complexity index is 181. The molecule has 1 saturated carbocycles. The van der Waals surface area contributed by atoms with Crippen molar-refractivity contribution in [3.63, 3.8) is 0 Å². The van der Waals surface area contributed by atoms with Crippen molar-refractivity contribution in [2.24, 2.45) is 5.92 Å². The van der Waals surface area contributed by atoms with Crippen LogP contribution in [-0.4, -0.2) is 37.1 Å². The van der Waals surface area contributed by atoms with E-state index in [4.69, 9.17) is 0 Å². The number of hydrogen-bond acceptors (Lipinski definition) is 2. The van der Waals surface area contributed by atoms with Crippen LogP contribution in [0.4, 0.5) is 0 Å². The third kappa shape index (κ3) is 2.12. The molecule has 1 N–H and O–H groups in total. The summed E-state index contributed by atoms with van der Waals surface area (Å²) in [5, 5.41) is 3.31. The van der Waals surface area contributed by atoms with Crippen LogP contribution in [0, 0.1) is 5.92 Å². The summed E-state index contributed by atoms with van der Waals surface area (Å²) < 4.78 is 0. The van der Waals surface area contributed by atoms with Crippen LogP contribution in [0.1, 0.15) is 39.0 Å². The number of rotatable bonds is 3. The monoisotopic (exact) mass is 196 g/mol. The van der Waals surface area contributed by atoms with Gasteiger partial charge >= 0.3 is 0 Å². The molecule has 1 saturated heterocycles. The van der Waals surface area contributed by atoms with Gasteiger partial charge in [0.25, 0.3) is 0 Å². The fraction of sp³-hybridized carbons (Fsp3) is 1.00. The van der Waals surface area contributed by atoms with E-state index in [0.29, 0.717) is 0 Å². The SMILES string of the molecule is CNCC1CCC(N2CCCC2C)C1. The van der Waals surface area contributed by atoms with Gasteiger partial charge in [0.2, 0.25) is 0 Å². The first-order chi connectivity index (χ1) is 6.81. The quantitative estimate of drug-likeness (QED) is 0.741. The van der Waals surface area contributed by atoms with Gasteiger partial charge in [-0.25, -0.2) is 0 Å². The molecule has 0 bridgehead atoms.